The van der Waals surface area contributed by atoms with Crippen molar-refractivity contribution >= 4 is 23.3 Å². The van der Waals surface area contributed by atoms with Crippen LogP contribution in [0.3, 0.4) is 0 Å². The van der Waals surface area contributed by atoms with Crippen molar-refractivity contribution in [2.24, 2.45) is 0 Å². The minimum absolute atomic E-state index is 0.157. The lowest BCUT2D eigenvalue weighted by Gasteiger charge is -2.08. The molecule has 0 heterocycles. The van der Waals surface area contributed by atoms with Gasteiger partial charge in [-0.2, -0.15) is 0 Å². The molecule has 3 aromatic carbocycles. The molecule has 0 fully saturated rings. The van der Waals surface area contributed by atoms with Gasteiger partial charge in [-0.15, -0.1) is 0 Å². The SMILES string of the molecule is O=C(COC(=O)c1cccc(Oc2ccccc2)c1)Nc1cccc([N+](=O)[O-])c1. The van der Waals surface area contributed by atoms with E-state index in [1.165, 1.54) is 30.3 Å². The van der Waals surface area contributed by atoms with Crippen LogP contribution in [-0.4, -0.2) is 23.4 Å². The summed E-state index contributed by atoms with van der Waals surface area (Å²) >= 11 is 0. The Morgan fingerprint density at radius 3 is 2.38 bits per heavy atom. The Labute approximate surface area is 165 Å². The molecule has 0 aliphatic rings. The number of para-hydroxylation sites is 1. The van der Waals surface area contributed by atoms with Gasteiger partial charge in [-0.05, 0) is 36.4 Å². The maximum absolute atomic E-state index is 12.2. The Hall–Kier alpha value is -4.20. The van der Waals surface area contributed by atoms with Crippen LogP contribution in [0.25, 0.3) is 0 Å². The van der Waals surface area contributed by atoms with Gasteiger partial charge in [0.25, 0.3) is 11.6 Å². The van der Waals surface area contributed by atoms with Crippen LogP contribution in [0.4, 0.5) is 11.4 Å². The largest absolute Gasteiger partial charge is 0.457 e. The number of nitro benzene ring substituents is 1. The monoisotopic (exact) mass is 392 g/mol. The maximum Gasteiger partial charge on any atom is 0.338 e. The highest BCUT2D eigenvalue weighted by Gasteiger charge is 2.13. The van der Waals surface area contributed by atoms with Crippen LogP contribution in [-0.2, 0) is 9.53 Å². The van der Waals surface area contributed by atoms with E-state index in [0.717, 1.165) is 0 Å². The van der Waals surface area contributed by atoms with Gasteiger partial charge < -0.3 is 14.8 Å². The molecule has 29 heavy (non-hydrogen) atoms. The molecule has 146 valence electrons. The van der Waals surface area contributed by atoms with Gasteiger partial charge >= 0.3 is 5.97 Å². The van der Waals surface area contributed by atoms with Crippen molar-refractivity contribution in [2.75, 3.05) is 11.9 Å². The molecule has 0 aliphatic carbocycles. The van der Waals surface area contributed by atoms with E-state index in [1.54, 1.807) is 30.3 Å². The Balaban J connectivity index is 1.56. The molecule has 1 amide bonds. The summed E-state index contributed by atoms with van der Waals surface area (Å²) < 4.78 is 10.7. The second kappa shape index (κ2) is 9.14. The zero-order valence-corrected chi connectivity index (χ0v) is 15.1. The first-order valence-electron chi connectivity index (χ1n) is 8.56. The molecule has 0 unspecified atom stereocenters. The van der Waals surface area contributed by atoms with Crippen molar-refractivity contribution in [3.8, 4) is 11.5 Å². The van der Waals surface area contributed by atoms with Crippen molar-refractivity contribution in [1.82, 2.24) is 0 Å². The maximum atomic E-state index is 12.2. The topological polar surface area (TPSA) is 108 Å². The number of non-ortho nitro benzene ring substituents is 1. The van der Waals surface area contributed by atoms with Gasteiger partial charge in [-0.25, -0.2) is 4.79 Å². The van der Waals surface area contributed by atoms with Crippen LogP contribution in [0, 0.1) is 10.1 Å². The number of anilines is 1. The van der Waals surface area contributed by atoms with Crippen molar-refractivity contribution < 1.29 is 24.0 Å². The summed E-state index contributed by atoms with van der Waals surface area (Å²) in [5.74, 6) is -0.241. The zero-order chi connectivity index (χ0) is 20.6. The van der Waals surface area contributed by atoms with E-state index < -0.39 is 23.4 Å². The summed E-state index contributed by atoms with van der Waals surface area (Å²) in [5.41, 5.74) is 0.301. The summed E-state index contributed by atoms with van der Waals surface area (Å²) in [6.45, 7) is -0.536. The van der Waals surface area contributed by atoms with Crippen LogP contribution in [0.15, 0.2) is 78.9 Å². The lowest BCUT2D eigenvalue weighted by Crippen LogP contribution is -2.21. The Morgan fingerprint density at radius 2 is 1.62 bits per heavy atom. The van der Waals surface area contributed by atoms with Crippen molar-refractivity contribution in [2.45, 2.75) is 0 Å². The second-order valence-corrected chi connectivity index (χ2v) is 5.87. The number of carbonyl (C=O) groups excluding carboxylic acids is 2. The third-order valence-corrected chi connectivity index (χ3v) is 3.72. The Bertz CT molecular complexity index is 1040. The molecule has 0 spiro atoms. The van der Waals surface area contributed by atoms with Crippen LogP contribution in [0.5, 0.6) is 11.5 Å². The second-order valence-electron chi connectivity index (χ2n) is 5.87. The van der Waals surface area contributed by atoms with Gasteiger partial charge in [0, 0.05) is 17.8 Å². The quantitative estimate of drug-likeness (QED) is 0.367. The molecule has 3 rings (SSSR count). The number of hydrogen-bond donors (Lipinski definition) is 1. The fraction of sp³-hybridized carbons (Fsp3) is 0.0476. The number of esters is 1. The number of nitrogens with one attached hydrogen (secondary N) is 1. The first-order chi connectivity index (χ1) is 14.0. The lowest BCUT2D eigenvalue weighted by atomic mass is 10.2. The minimum Gasteiger partial charge on any atom is -0.457 e. The van der Waals surface area contributed by atoms with Crippen LogP contribution < -0.4 is 10.1 Å². The van der Waals surface area contributed by atoms with Crippen molar-refractivity contribution in [3.63, 3.8) is 0 Å². The van der Waals surface area contributed by atoms with Gasteiger partial charge in [0.1, 0.15) is 11.5 Å². The molecule has 3 aromatic rings. The summed E-state index contributed by atoms with van der Waals surface area (Å²) in [5, 5.41) is 13.2. The number of nitrogens with zero attached hydrogens (tertiary/aromatic N) is 1. The molecule has 0 aromatic heterocycles. The molecule has 0 saturated heterocycles. The van der Waals surface area contributed by atoms with Gasteiger partial charge in [0.15, 0.2) is 6.61 Å². The first kappa shape index (κ1) is 19.6. The summed E-state index contributed by atoms with van der Waals surface area (Å²) in [6.07, 6.45) is 0. The summed E-state index contributed by atoms with van der Waals surface area (Å²) in [4.78, 5) is 34.4. The molecule has 0 atom stereocenters. The molecular weight excluding hydrogens is 376 g/mol. The molecular formula is C21H16N2O6. The lowest BCUT2D eigenvalue weighted by molar-refractivity contribution is -0.384. The molecule has 8 heteroatoms. The van der Waals surface area contributed by atoms with E-state index in [-0.39, 0.29) is 16.9 Å². The van der Waals surface area contributed by atoms with Crippen LogP contribution in [0.2, 0.25) is 0 Å². The number of benzene rings is 3. The number of hydrogen-bond acceptors (Lipinski definition) is 6. The van der Waals surface area contributed by atoms with Crippen molar-refractivity contribution in [3.05, 3.63) is 94.5 Å². The zero-order valence-electron chi connectivity index (χ0n) is 15.1. The fourth-order valence-electron chi connectivity index (χ4n) is 2.42. The average molecular weight is 392 g/mol. The van der Waals surface area contributed by atoms with Gasteiger partial charge in [0.05, 0.1) is 10.5 Å². The third kappa shape index (κ3) is 5.64. The molecule has 8 nitrogen and oxygen atoms in total. The number of ether oxygens (including phenoxy) is 2. The molecule has 0 aliphatic heterocycles. The summed E-state index contributed by atoms with van der Waals surface area (Å²) in [7, 11) is 0. The van der Waals surface area contributed by atoms with E-state index in [4.69, 9.17) is 9.47 Å². The van der Waals surface area contributed by atoms with E-state index in [1.807, 2.05) is 18.2 Å². The highest BCUT2D eigenvalue weighted by molar-refractivity contribution is 5.95. The molecule has 0 bridgehead atoms. The predicted octanol–water partition coefficient (Wildman–Crippen LogP) is 4.18. The third-order valence-electron chi connectivity index (χ3n) is 3.72. The highest BCUT2D eigenvalue weighted by Crippen LogP contribution is 2.22. The number of nitro groups is 1. The number of amides is 1. The molecule has 0 radical (unpaired) electrons. The van der Waals surface area contributed by atoms with E-state index in [9.17, 15) is 19.7 Å². The Kier molecular flexibility index (Phi) is 6.16. The number of carbonyl (C=O) groups is 2. The normalized spacial score (nSPS) is 10.1. The van der Waals surface area contributed by atoms with E-state index >= 15 is 0 Å². The van der Waals surface area contributed by atoms with Crippen LogP contribution in [0.1, 0.15) is 10.4 Å². The first-order valence-corrected chi connectivity index (χ1v) is 8.56. The van der Waals surface area contributed by atoms with Crippen molar-refractivity contribution in [1.29, 1.82) is 0 Å². The van der Waals surface area contributed by atoms with Crippen LogP contribution >= 0.6 is 0 Å². The highest BCUT2D eigenvalue weighted by atomic mass is 16.6. The summed E-state index contributed by atoms with van der Waals surface area (Å²) in [6, 6.07) is 20.9. The van der Waals surface area contributed by atoms with E-state index in [0.29, 0.717) is 11.5 Å². The molecule has 1 N–H and O–H groups in total. The van der Waals surface area contributed by atoms with E-state index in [2.05, 4.69) is 5.32 Å². The van der Waals surface area contributed by atoms with Gasteiger partial charge in [0.2, 0.25) is 0 Å². The standard InChI is InChI=1S/C21H16N2O6/c24-20(22-16-7-5-8-17(13-16)23(26)27)14-28-21(25)15-6-4-11-19(12-15)29-18-9-2-1-3-10-18/h1-13H,14H2,(H,22,24). The fourth-order valence-corrected chi connectivity index (χ4v) is 2.42. The minimum atomic E-state index is -0.697. The van der Waals surface area contributed by atoms with Gasteiger partial charge in [-0.3, -0.25) is 14.9 Å². The smallest absolute Gasteiger partial charge is 0.338 e. The number of rotatable bonds is 7. The average Bonchev–Trinajstić information content (AvgIpc) is 2.73. The predicted molar refractivity (Wildman–Crippen MR) is 105 cm³/mol. The molecule has 0 saturated carbocycles. The van der Waals surface area contributed by atoms with Gasteiger partial charge in [-0.1, -0.05) is 30.3 Å². The Morgan fingerprint density at radius 1 is 0.897 bits per heavy atom.